The van der Waals surface area contributed by atoms with Gasteiger partial charge in [-0.3, -0.25) is 4.90 Å². The lowest BCUT2D eigenvalue weighted by Crippen LogP contribution is -2.47. The fourth-order valence-corrected chi connectivity index (χ4v) is 3.40. The smallest absolute Gasteiger partial charge is 0.231 e. The van der Waals surface area contributed by atoms with Crippen molar-refractivity contribution in [3.63, 3.8) is 0 Å². The molecule has 158 valence electrons. The Morgan fingerprint density at radius 3 is 2.79 bits per heavy atom. The fraction of sp³-hybridized carbons (Fsp3) is 0.650. The first-order valence-electron chi connectivity index (χ1n) is 9.88. The Labute approximate surface area is 185 Å². The number of benzene rings is 1. The molecule has 1 saturated heterocycles. The molecule has 0 amide bonds. The molecule has 2 heterocycles. The second-order valence-corrected chi connectivity index (χ2v) is 7.40. The summed E-state index contributed by atoms with van der Waals surface area (Å²) in [4.78, 5) is 7.17. The van der Waals surface area contributed by atoms with Gasteiger partial charge in [-0.1, -0.05) is 6.92 Å². The summed E-state index contributed by atoms with van der Waals surface area (Å²) < 4.78 is 16.5. The Kier molecular flexibility index (Phi) is 8.94. The molecule has 0 bridgehead atoms. The van der Waals surface area contributed by atoms with Gasteiger partial charge in [0, 0.05) is 37.8 Å². The van der Waals surface area contributed by atoms with E-state index in [-0.39, 0.29) is 30.8 Å². The standard InChI is InChI=1S/C20H32N4O3.HI/c1-5-21-20(23-17-12-24(14(2)3)11-15(17)4)22-8-9-25-16-6-7-18-19(10-16)27-13-26-18;/h6-7,10,14-15,17H,5,8-9,11-13H2,1-4H3,(H2,21,22,23);1H. The highest BCUT2D eigenvalue weighted by Gasteiger charge is 2.31. The van der Waals surface area contributed by atoms with Gasteiger partial charge < -0.3 is 24.8 Å². The van der Waals surface area contributed by atoms with Gasteiger partial charge in [-0.15, -0.1) is 24.0 Å². The van der Waals surface area contributed by atoms with E-state index in [1.54, 1.807) is 0 Å². The summed E-state index contributed by atoms with van der Waals surface area (Å²) in [5, 5.41) is 6.92. The highest BCUT2D eigenvalue weighted by Crippen LogP contribution is 2.35. The van der Waals surface area contributed by atoms with Crippen LogP contribution >= 0.6 is 24.0 Å². The molecule has 3 rings (SSSR count). The predicted molar refractivity (Wildman–Crippen MR) is 122 cm³/mol. The number of nitrogens with zero attached hydrogens (tertiary/aromatic N) is 2. The normalized spacial score (nSPS) is 21.5. The maximum atomic E-state index is 5.79. The van der Waals surface area contributed by atoms with Gasteiger partial charge in [0.25, 0.3) is 0 Å². The van der Waals surface area contributed by atoms with Crippen molar-refractivity contribution in [1.29, 1.82) is 0 Å². The lowest BCUT2D eigenvalue weighted by atomic mass is 10.1. The molecular weight excluding hydrogens is 471 g/mol. The molecule has 0 aliphatic carbocycles. The van der Waals surface area contributed by atoms with Gasteiger partial charge in [0.15, 0.2) is 17.5 Å². The Balaban J connectivity index is 0.00000280. The molecule has 28 heavy (non-hydrogen) atoms. The maximum absolute atomic E-state index is 5.79. The third-order valence-electron chi connectivity index (χ3n) is 5.01. The third-order valence-corrected chi connectivity index (χ3v) is 5.01. The predicted octanol–water partition coefficient (Wildman–Crippen LogP) is 2.70. The van der Waals surface area contributed by atoms with Crippen molar-refractivity contribution in [2.45, 2.75) is 39.8 Å². The number of halogens is 1. The molecule has 2 aliphatic rings. The number of hydrogen-bond acceptors (Lipinski definition) is 5. The molecule has 0 spiro atoms. The molecule has 8 heteroatoms. The van der Waals surface area contributed by atoms with Crippen LogP contribution in [0.15, 0.2) is 23.2 Å². The second-order valence-electron chi connectivity index (χ2n) is 7.40. The largest absolute Gasteiger partial charge is 0.492 e. The highest BCUT2D eigenvalue weighted by molar-refractivity contribution is 14.0. The van der Waals surface area contributed by atoms with Crippen LogP contribution in [0.25, 0.3) is 0 Å². The number of aliphatic imine (C=N–C) groups is 1. The Hall–Kier alpha value is -1.42. The van der Waals surface area contributed by atoms with Gasteiger partial charge >= 0.3 is 0 Å². The van der Waals surface area contributed by atoms with E-state index in [4.69, 9.17) is 14.2 Å². The van der Waals surface area contributed by atoms with Crippen LogP contribution in [0.3, 0.4) is 0 Å². The summed E-state index contributed by atoms with van der Waals surface area (Å²) in [6.45, 7) is 13.3. The van der Waals surface area contributed by atoms with Crippen molar-refractivity contribution >= 4 is 29.9 Å². The van der Waals surface area contributed by atoms with Crippen molar-refractivity contribution in [2.24, 2.45) is 10.9 Å². The molecule has 1 aromatic carbocycles. The number of ether oxygens (including phenoxy) is 3. The molecule has 2 unspecified atom stereocenters. The first kappa shape index (κ1) is 22.9. The van der Waals surface area contributed by atoms with E-state index in [9.17, 15) is 0 Å². The molecule has 2 atom stereocenters. The van der Waals surface area contributed by atoms with Gasteiger partial charge in [-0.25, -0.2) is 4.99 Å². The number of nitrogens with one attached hydrogen (secondary N) is 2. The van der Waals surface area contributed by atoms with Crippen LogP contribution in [0.4, 0.5) is 0 Å². The quantitative estimate of drug-likeness (QED) is 0.258. The average molecular weight is 504 g/mol. The van der Waals surface area contributed by atoms with Crippen LogP contribution in [-0.4, -0.2) is 62.5 Å². The number of fused-ring (bicyclic) bond motifs is 1. The van der Waals surface area contributed by atoms with Crippen molar-refractivity contribution in [3.05, 3.63) is 18.2 Å². The molecule has 1 fully saturated rings. The molecule has 0 aromatic heterocycles. The van der Waals surface area contributed by atoms with E-state index in [0.717, 1.165) is 42.8 Å². The van der Waals surface area contributed by atoms with E-state index in [1.165, 1.54) is 0 Å². The zero-order valence-corrected chi connectivity index (χ0v) is 19.6. The van der Waals surface area contributed by atoms with E-state index in [1.807, 2.05) is 18.2 Å². The SMILES string of the molecule is CCNC(=NCCOc1ccc2c(c1)OCO2)NC1CN(C(C)C)CC1C.I. The maximum Gasteiger partial charge on any atom is 0.231 e. The van der Waals surface area contributed by atoms with E-state index < -0.39 is 0 Å². The summed E-state index contributed by atoms with van der Waals surface area (Å²) >= 11 is 0. The molecule has 2 N–H and O–H groups in total. The molecule has 0 radical (unpaired) electrons. The minimum Gasteiger partial charge on any atom is -0.492 e. The summed E-state index contributed by atoms with van der Waals surface area (Å²) in [6.07, 6.45) is 0. The zero-order chi connectivity index (χ0) is 19.2. The van der Waals surface area contributed by atoms with Crippen LogP contribution in [0.1, 0.15) is 27.7 Å². The van der Waals surface area contributed by atoms with Crippen molar-refractivity contribution in [1.82, 2.24) is 15.5 Å². The monoisotopic (exact) mass is 504 g/mol. The lowest BCUT2D eigenvalue weighted by molar-refractivity contribution is 0.173. The molecular formula is C20H33IN4O3. The molecule has 1 aromatic rings. The highest BCUT2D eigenvalue weighted by atomic mass is 127. The molecule has 7 nitrogen and oxygen atoms in total. The summed E-state index contributed by atoms with van der Waals surface area (Å²) in [6, 6.07) is 6.61. The van der Waals surface area contributed by atoms with Crippen molar-refractivity contribution in [2.75, 3.05) is 39.6 Å². The summed E-state index contributed by atoms with van der Waals surface area (Å²) in [5.41, 5.74) is 0. The first-order chi connectivity index (χ1) is 13.1. The first-order valence-corrected chi connectivity index (χ1v) is 9.88. The minimum absolute atomic E-state index is 0. The van der Waals surface area contributed by atoms with Gasteiger partial charge in [0.1, 0.15) is 12.4 Å². The van der Waals surface area contributed by atoms with Crippen molar-refractivity contribution in [3.8, 4) is 17.2 Å². The Morgan fingerprint density at radius 2 is 2.07 bits per heavy atom. The fourth-order valence-electron chi connectivity index (χ4n) is 3.40. The average Bonchev–Trinajstić information content (AvgIpc) is 3.25. The third kappa shape index (κ3) is 6.04. The lowest BCUT2D eigenvalue weighted by Gasteiger charge is -2.22. The molecule has 0 saturated carbocycles. The summed E-state index contributed by atoms with van der Waals surface area (Å²) in [7, 11) is 0. The number of hydrogen-bond donors (Lipinski definition) is 2. The second kappa shape index (κ2) is 10.9. The number of guanidine groups is 1. The van der Waals surface area contributed by atoms with Crippen LogP contribution in [0.2, 0.25) is 0 Å². The van der Waals surface area contributed by atoms with Crippen LogP contribution < -0.4 is 24.8 Å². The zero-order valence-electron chi connectivity index (χ0n) is 17.2. The van der Waals surface area contributed by atoms with Crippen molar-refractivity contribution < 1.29 is 14.2 Å². The van der Waals surface area contributed by atoms with Crippen LogP contribution in [0, 0.1) is 5.92 Å². The van der Waals surface area contributed by atoms with Gasteiger partial charge in [-0.05, 0) is 38.8 Å². The minimum atomic E-state index is 0. The Morgan fingerprint density at radius 1 is 1.29 bits per heavy atom. The van der Waals surface area contributed by atoms with E-state index in [0.29, 0.717) is 31.2 Å². The molecule has 2 aliphatic heterocycles. The Bertz CT molecular complexity index is 656. The topological polar surface area (TPSA) is 67.4 Å². The van der Waals surface area contributed by atoms with Gasteiger partial charge in [0.05, 0.1) is 6.54 Å². The number of rotatable bonds is 7. The number of likely N-dealkylation sites (tertiary alicyclic amines) is 1. The van der Waals surface area contributed by atoms with Gasteiger partial charge in [-0.2, -0.15) is 0 Å². The van der Waals surface area contributed by atoms with E-state index in [2.05, 4.69) is 48.2 Å². The van der Waals surface area contributed by atoms with Crippen LogP contribution in [-0.2, 0) is 0 Å². The van der Waals surface area contributed by atoms with E-state index >= 15 is 0 Å². The van der Waals surface area contributed by atoms with Gasteiger partial charge in [0.2, 0.25) is 6.79 Å². The summed E-state index contributed by atoms with van der Waals surface area (Å²) in [5.74, 6) is 3.72. The van der Waals surface area contributed by atoms with Crippen LogP contribution in [0.5, 0.6) is 17.2 Å².